The van der Waals surface area contributed by atoms with Gasteiger partial charge in [0.2, 0.25) is 0 Å². The Labute approximate surface area is 184 Å². The van der Waals surface area contributed by atoms with Crippen molar-refractivity contribution in [1.82, 2.24) is 9.88 Å². The smallest absolute Gasteiger partial charge is 0.191 e. The highest BCUT2D eigenvalue weighted by Gasteiger charge is 2.19. The second-order valence-corrected chi connectivity index (χ2v) is 9.33. The number of aromatic nitrogens is 1. The number of ketones is 1. The monoisotopic (exact) mass is 442 g/mol. The van der Waals surface area contributed by atoms with Crippen molar-refractivity contribution in [2.24, 2.45) is 5.73 Å². The lowest BCUT2D eigenvalue weighted by molar-refractivity contribution is -0.122. The lowest BCUT2D eigenvalue weighted by Gasteiger charge is -2.26. The van der Waals surface area contributed by atoms with Gasteiger partial charge in [0.15, 0.2) is 10.9 Å². The average Bonchev–Trinajstić information content (AvgIpc) is 3.42. The van der Waals surface area contributed by atoms with Crippen molar-refractivity contribution >= 4 is 33.6 Å². The maximum Gasteiger partial charge on any atom is 0.191 e. The van der Waals surface area contributed by atoms with E-state index in [1.165, 1.54) is 47.5 Å². The first-order valence-corrected chi connectivity index (χ1v) is 11.9. The number of rotatable bonds is 8. The van der Waals surface area contributed by atoms with Gasteiger partial charge in [0.05, 0.1) is 16.6 Å². The van der Waals surface area contributed by atoms with E-state index in [-0.39, 0.29) is 12.4 Å². The van der Waals surface area contributed by atoms with Crippen LogP contribution in [0.15, 0.2) is 41.1 Å². The molecule has 0 aliphatic carbocycles. The van der Waals surface area contributed by atoms with E-state index in [0.29, 0.717) is 10.9 Å². The summed E-state index contributed by atoms with van der Waals surface area (Å²) in [6, 6.07) is 9.16. The summed E-state index contributed by atoms with van der Waals surface area (Å²) in [7, 11) is 0. The summed E-state index contributed by atoms with van der Waals surface area (Å²) in [5, 5.41) is 4.32. The summed E-state index contributed by atoms with van der Waals surface area (Å²) in [5.41, 5.74) is 14.7. The van der Waals surface area contributed by atoms with Crippen LogP contribution in [0.2, 0.25) is 0 Å². The number of anilines is 1. The van der Waals surface area contributed by atoms with Gasteiger partial charge < -0.3 is 16.2 Å². The number of nitrogens with two attached hydrogens (primary N) is 2. The first-order valence-electron chi connectivity index (χ1n) is 10.1. The van der Waals surface area contributed by atoms with Crippen molar-refractivity contribution in [2.75, 3.05) is 25.4 Å². The Morgan fingerprint density at radius 3 is 2.77 bits per heavy atom. The predicted molar refractivity (Wildman–Crippen MR) is 123 cm³/mol. The standard InChI is InChI=1S/C22H26N4O2S2/c23-21(16-10-20(29-13-16)18-14-30-22(24)25-18)19(27)12-28-17-6-4-5-15(9-17)11-26-7-2-1-3-8-26/h4-6,9-10,13-14,21H,1-3,7-8,11-12,23H2,(H2,24,25). The maximum atomic E-state index is 12.6. The highest BCUT2D eigenvalue weighted by Crippen LogP contribution is 2.31. The molecule has 6 nitrogen and oxygen atoms in total. The van der Waals surface area contributed by atoms with Crippen molar-refractivity contribution < 1.29 is 9.53 Å². The molecule has 8 heteroatoms. The Hall–Kier alpha value is -2.26. The molecule has 1 aliphatic heterocycles. The van der Waals surface area contributed by atoms with E-state index < -0.39 is 6.04 Å². The minimum absolute atomic E-state index is 0.0524. The molecule has 0 spiro atoms. The van der Waals surface area contributed by atoms with Gasteiger partial charge in [0, 0.05) is 11.9 Å². The van der Waals surface area contributed by atoms with Gasteiger partial charge in [-0.3, -0.25) is 9.69 Å². The van der Waals surface area contributed by atoms with Crippen molar-refractivity contribution in [3.8, 4) is 16.3 Å². The van der Waals surface area contributed by atoms with Crippen LogP contribution in [0.1, 0.15) is 36.4 Å². The Morgan fingerprint density at radius 2 is 2.00 bits per heavy atom. The Bertz CT molecular complexity index is 994. The third-order valence-corrected chi connectivity index (χ3v) is 6.88. The Morgan fingerprint density at radius 1 is 1.17 bits per heavy atom. The number of nitrogen functional groups attached to an aromatic ring is 1. The van der Waals surface area contributed by atoms with Gasteiger partial charge in [-0.15, -0.1) is 22.7 Å². The molecule has 1 saturated heterocycles. The molecule has 3 aromatic rings. The predicted octanol–water partition coefficient (Wildman–Crippen LogP) is 4.09. The van der Waals surface area contributed by atoms with Crippen molar-refractivity contribution in [1.29, 1.82) is 0 Å². The summed E-state index contributed by atoms with van der Waals surface area (Å²) < 4.78 is 5.76. The fraction of sp³-hybridized carbons (Fsp3) is 0.364. The van der Waals surface area contributed by atoms with Crippen LogP contribution in [0, 0.1) is 0 Å². The van der Waals surface area contributed by atoms with Gasteiger partial charge in [0.1, 0.15) is 12.4 Å². The number of ether oxygens (including phenoxy) is 1. The third-order valence-electron chi connectivity index (χ3n) is 5.23. The van der Waals surface area contributed by atoms with Crippen LogP contribution in [0.25, 0.3) is 10.6 Å². The number of hydrogen-bond donors (Lipinski definition) is 2. The second-order valence-electron chi connectivity index (χ2n) is 7.53. The quantitative estimate of drug-likeness (QED) is 0.546. The van der Waals surface area contributed by atoms with Crippen LogP contribution in [-0.2, 0) is 11.3 Å². The number of nitrogens with zero attached hydrogens (tertiary/aromatic N) is 2. The van der Waals surface area contributed by atoms with E-state index in [4.69, 9.17) is 16.2 Å². The van der Waals surface area contributed by atoms with Crippen molar-refractivity contribution in [3.63, 3.8) is 0 Å². The van der Waals surface area contributed by atoms with E-state index in [1.54, 1.807) is 0 Å². The summed E-state index contributed by atoms with van der Waals surface area (Å²) >= 11 is 2.90. The topological polar surface area (TPSA) is 94.5 Å². The fourth-order valence-corrected chi connectivity index (χ4v) is 5.13. The molecule has 0 radical (unpaired) electrons. The molecule has 4 rings (SSSR count). The number of thiophene rings is 1. The van der Waals surface area contributed by atoms with Gasteiger partial charge in [-0.2, -0.15) is 0 Å². The van der Waals surface area contributed by atoms with Gasteiger partial charge in [-0.1, -0.05) is 18.6 Å². The molecule has 1 unspecified atom stereocenters. The van der Waals surface area contributed by atoms with Gasteiger partial charge >= 0.3 is 0 Å². The highest BCUT2D eigenvalue weighted by atomic mass is 32.1. The molecule has 0 saturated carbocycles. The minimum atomic E-state index is -0.720. The minimum Gasteiger partial charge on any atom is -0.486 e. The number of hydrogen-bond acceptors (Lipinski definition) is 8. The summed E-state index contributed by atoms with van der Waals surface area (Å²) in [4.78, 5) is 20.3. The number of thiazole rings is 1. The number of Topliss-reactive ketones (excluding diaryl/α,β-unsaturated/α-hetero) is 1. The Balaban J connectivity index is 1.33. The molecule has 158 valence electrons. The highest BCUT2D eigenvalue weighted by molar-refractivity contribution is 7.15. The van der Waals surface area contributed by atoms with E-state index in [2.05, 4.69) is 16.0 Å². The molecular weight excluding hydrogens is 416 g/mol. The maximum absolute atomic E-state index is 12.6. The van der Waals surface area contributed by atoms with Crippen LogP contribution in [0.4, 0.5) is 5.13 Å². The molecule has 4 N–H and O–H groups in total. The zero-order chi connectivity index (χ0) is 20.9. The number of carbonyl (C=O) groups is 1. The Kier molecular flexibility index (Phi) is 6.79. The van der Waals surface area contributed by atoms with Crippen molar-refractivity contribution in [3.05, 3.63) is 52.2 Å². The molecule has 3 heterocycles. The molecule has 30 heavy (non-hydrogen) atoms. The van der Waals surface area contributed by atoms with Gasteiger partial charge in [0.25, 0.3) is 0 Å². The van der Waals surface area contributed by atoms with Crippen LogP contribution >= 0.6 is 22.7 Å². The van der Waals surface area contributed by atoms with Gasteiger partial charge in [-0.25, -0.2) is 4.98 Å². The average molecular weight is 443 g/mol. The number of likely N-dealkylation sites (tertiary alicyclic amines) is 1. The van der Waals surface area contributed by atoms with E-state index >= 15 is 0 Å². The molecule has 0 bridgehead atoms. The number of benzene rings is 1. The van der Waals surface area contributed by atoms with E-state index in [0.717, 1.165) is 35.8 Å². The number of piperidine rings is 1. The molecular formula is C22H26N4O2S2. The first kappa shape index (κ1) is 21.0. The largest absolute Gasteiger partial charge is 0.486 e. The molecule has 1 fully saturated rings. The van der Waals surface area contributed by atoms with Gasteiger partial charge in [-0.05, 0) is 60.6 Å². The SMILES string of the molecule is Nc1nc(-c2cc(C(N)C(=O)COc3cccc(CN4CCCCC4)c3)cs2)cs1. The summed E-state index contributed by atoms with van der Waals surface area (Å²) in [5.74, 6) is 0.549. The van der Waals surface area contributed by atoms with Crippen LogP contribution in [0.5, 0.6) is 5.75 Å². The molecule has 0 amide bonds. The van der Waals surface area contributed by atoms with Crippen LogP contribution < -0.4 is 16.2 Å². The van der Waals surface area contributed by atoms with Crippen LogP contribution in [-0.4, -0.2) is 35.4 Å². The molecule has 1 atom stereocenters. The first-order chi connectivity index (χ1) is 14.6. The second kappa shape index (κ2) is 9.70. The van der Waals surface area contributed by atoms with Crippen molar-refractivity contribution in [2.45, 2.75) is 31.8 Å². The van der Waals surface area contributed by atoms with Crippen LogP contribution in [0.3, 0.4) is 0 Å². The molecule has 1 aliphatic rings. The zero-order valence-corrected chi connectivity index (χ0v) is 18.4. The van der Waals surface area contributed by atoms with E-state index in [9.17, 15) is 4.79 Å². The number of carbonyl (C=O) groups excluding carboxylic acids is 1. The molecule has 2 aromatic heterocycles. The molecule has 1 aromatic carbocycles. The lowest BCUT2D eigenvalue weighted by Crippen LogP contribution is -2.29. The zero-order valence-electron chi connectivity index (χ0n) is 16.8. The normalized spacial score (nSPS) is 15.8. The van der Waals surface area contributed by atoms with E-state index in [1.807, 2.05) is 35.0 Å². The lowest BCUT2D eigenvalue weighted by atomic mass is 10.1. The summed E-state index contributed by atoms with van der Waals surface area (Å²) in [6.45, 7) is 3.16. The fourth-order valence-electron chi connectivity index (χ4n) is 3.59. The third kappa shape index (κ3) is 5.26. The summed E-state index contributed by atoms with van der Waals surface area (Å²) in [6.07, 6.45) is 3.86.